The number of nitrogens with two attached hydrogens (primary N) is 1. The molecule has 0 bridgehead atoms. The van der Waals surface area contributed by atoms with E-state index in [4.69, 9.17) is 5.73 Å². The molecular formula is C15H14F2N2O2. The molecule has 0 saturated carbocycles. The predicted octanol–water partition coefficient (Wildman–Crippen LogP) is 3.43. The third-order valence-corrected chi connectivity index (χ3v) is 2.84. The lowest BCUT2D eigenvalue weighted by Crippen LogP contribution is -2.13. The highest BCUT2D eigenvalue weighted by Crippen LogP contribution is 2.19. The number of amides is 1. The van der Waals surface area contributed by atoms with Gasteiger partial charge in [-0.1, -0.05) is 6.07 Å². The van der Waals surface area contributed by atoms with Gasteiger partial charge in [0.1, 0.15) is 5.75 Å². The summed E-state index contributed by atoms with van der Waals surface area (Å²) in [5, 5.41) is 2.67. The summed E-state index contributed by atoms with van der Waals surface area (Å²) in [5.74, 6) is -0.287. The van der Waals surface area contributed by atoms with Crippen LogP contribution in [0.2, 0.25) is 0 Å². The zero-order chi connectivity index (χ0) is 15.4. The molecule has 4 nitrogen and oxygen atoms in total. The normalized spacial score (nSPS) is 10.5. The van der Waals surface area contributed by atoms with Gasteiger partial charge in [-0.2, -0.15) is 8.78 Å². The van der Waals surface area contributed by atoms with Gasteiger partial charge in [0.2, 0.25) is 0 Å². The summed E-state index contributed by atoms with van der Waals surface area (Å²) in [5.41, 5.74) is 7.88. The molecule has 2 aromatic carbocycles. The van der Waals surface area contributed by atoms with Gasteiger partial charge in [-0.15, -0.1) is 0 Å². The minimum Gasteiger partial charge on any atom is -0.435 e. The maximum Gasteiger partial charge on any atom is 0.387 e. The lowest BCUT2D eigenvalue weighted by Gasteiger charge is -2.09. The summed E-state index contributed by atoms with van der Waals surface area (Å²) in [6.45, 7) is -1.08. The van der Waals surface area contributed by atoms with E-state index in [2.05, 4.69) is 10.1 Å². The number of carbonyl (C=O) groups is 1. The number of anilines is 2. The molecule has 0 atom stereocenters. The molecule has 0 unspecified atom stereocenters. The molecule has 0 aliphatic heterocycles. The second-order valence-electron chi connectivity index (χ2n) is 4.43. The predicted molar refractivity (Wildman–Crippen MR) is 76.6 cm³/mol. The molecule has 0 aromatic heterocycles. The Kier molecular flexibility index (Phi) is 4.37. The summed E-state index contributed by atoms with van der Waals surface area (Å²) in [6.07, 6.45) is 0. The molecule has 2 rings (SSSR count). The second-order valence-corrected chi connectivity index (χ2v) is 4.43. The van der Waals surface area contributed by atoms with Gasteiger partial charge in [-0.25, -0.2) is 0 Å². The van der Waals surface area contributed by atoms with Crippen molar-refractivity contribution >= 4 is 17.3 Å². The van der Waals surface area contributed by atoms with Crippen molar-refractivity contribution < 1.29 is 18.3 Å². The number of alkyl halides is 2. The van der Waals surface area contributed by atoms with Crippen molar-refractivity contribution in [1.29, 1.82) is 0 Å². The zero-order valence-corrected chi connectivity index (χ0v) is 11.3. The van der Waals surface area contributed by atoms with Crippen molar-refractivity contribution in [3.8, 4) is 5.75 Å². The van der Waals surface area contributed by atoms with E-state index in [9.17, 15) is 13.6 Å². The van der Waals surface area contributed by atoms with Gasteiger partial charge in [-0.05, 0) is 48.9 Å². The van der Waals surface area contributed by atoms with Crippen molar-refractivity contribution in [2.24, 2.45) is 0 Å². The number of benzene rings is 2. The molecule has 0 fully saturated rings. The van der Waals surface area contributed by atoms with Gasteiger partial charge in [-0.3, -0.25) is 4.79 Å². The van der Waals surface area contributed by atoms with Crippen LogP contribution in [-0.2, 0) is 0 Å². The Balaban J connectivity index is 2.10. The fraction of sp³-hybridized carbons (Fsp3) is 0.133. The monoisotopic (exact) mass is 292 g/mol. The van der Waals surface area contributed by atoms with Crippen LogP contribution in [0.1, 0.15) is 15.9 Å². The minimum absolute atomic E-state index is 0.0307. The summed E-state index contributed by atoms with van der Waals surface area (Å²) in [7, 11) is 0. The molecule has 2 aromatic rings. The SMILES string of the molecule is Cc1ccc(N)cc1C(=O)Nc1ccc(OC(F)F)cc1. The van der Waals surface area contributed by atoms with E-state index in [1.165, 1.54) is 24.3 Å². The van der Waals surface area contributed by atoms with Crippen LogP contribution < -0.4 is 15.8 Å². The highest BCUT2D eigenvalue weighted by molar-refractivity contribution is 6.05. The molecule has 0 aliphatic carbocycles. The Bertz CT molecular complexity index is 643. The first kappa shape index (κ1) is 14.8. The van der Waals surface area contributed by atoms with E-state index in [1.54, 1.807) is 25.1 Å². The van der Waals surface area contributed by atoms with Crippen LogP contribution in [0.5, 0.6) is 5.75 Å². The molecule has 1 amide bonds. The van der Waals surface area contributed by atoms with E-state index in [-0.39, 0.29) is 11.7 Å². The third-order valence-electron chi connectivity index (χ3n) is 2.84. The van der Waals surface area contributed by atoms with Crippen molar-refractivity contribution in [2.75, 3.05) is 11.1 Å². The highest BCUT2D eigenvalue weighted by Gasteiger charge is 2.10. The summed E-state index contributed by atoms with van der Waals surface area (Å²) >= 11 is 0. The van der Waals surface area contributed by atoms with Gasteiger partial charge in [0, 0.05) is 16.9 Å². The lowest BCUT2D eigenvalue weighted by molar-refractivity contribution is -0.0498. The van der Waals surface area contributed by atoms with Crippen molar-refractivity contribution in [1.82, 2.24) is 0 Å². The average molecular weight is 292 g/mol. The smallest absolute Gasteiger partial charge is 0.387 e. The number of halogens is 2. The number of nitrogens with one attached hydrogen (secondary N) is 1. The lowest BCUT2D eigenvalue weighted by atomic mass is 10.1. The standard InChI is InChI=1S/C15H14F2N2O2/c1-9-2-3-10(18)8-13(9)14(20)19-11-4-6-12(7-5-11)21-15(16)17/h2-8,15H,18H2,1H3,(H,19,20). The number of carbonyl (C=O) groups excluding carboxylic acids is 1. The Labute approximate surface area is 120 Å². The zero-order valence-electron chi connectivity index (χ0n) is 11.3. The molecule has 6 heteroatoms. The Hall–Kier alpha value is -2.63. The highest BCUT2D eigenvalue weighted by atomic mass is 19.3. The number of ether oxygens (including phenoxy) is 1. The molecule has 0 spiro atoms. The van der Waals surface area contributed by atoms with E-state index in [0.717, 1.165) is 5.56 Å². The average Bonchev–Trinajstić information content (AvgIpc) is 2.43. The Morgan fingerprint density at radius 2 is 1.86 bits per heavy atom. The van der Waals surface area contributed by atoms with E-state index >= 15 is 0 Å². The van der Waals surface area contributed by atoms with E-state index in [0.29, 0.717) is 16.9 Å². The minimum atomic E-state index is -2.87. The summed E-state index contributed by atoms with van der Waals surface area (Å²) in [6, 6.07) is 10.7. The summed E-state index contributed by atoms with van der Waals surface area (Å²) in [4.78, 5) is 12.1. The molecule has 21 heavy (non-hydrogen) atoms. The van der Waals surface area contributed by atoms with E-state index < -0.39 is 6.61 Å². The molecule has 0 saturated heterocycles. The number of nitrogen functional groups attached to an aromatic ring is 1. The number of aryl methyl sites for hydroxylation is 1. The fourth-order valence-electron chi connectivity index (χ4n) is 1.80. The first-order valence-corrected chi connectivity index (χ1v) is 6.18. The molecule has 0 radical (unpaired) electrons. The Morgan fingerprint density at radius 3 is 2.48 bits per heavy atom. The van der Waals surface area contributed by atoms with Crippen LogP contribution in [0.3, 0.4) is 0 Å². The third kappa shape index (κ3) is 3.92. The molecule has 0 heterocycles. The molecule has 3 N–H and O–H groups in total. The first-order valence-electron chi connectivity index (χ1n) is 6.18. The second kappa shape index (κ2) is 6.21. The van der Waals surface area contributed by atoms with Crippen LogP contribution in [0.15, 0.2) is 42.5 Å². The summed E-state index contributed by atoms with van der Waals surface area (Å²) < 4.78 is 28.3. The van der Waals surface area contributed by atoms with Crippen LogP contribution in [0, 0.1) is 6.92 Å². The maximum atomic E-state index is 12.1. The number of hydrogen-bond acceptors (Lipinski definition) is 3. The first-order chi connectivity index (χ1) is 9.95. The van der Waals surface area contributed by atoms with Crippen LogP contribution in [0.25, 0.3) is 0 Å². The van der Waals surface area contributed by atoms with Crippen LogP contribution in [-0.4, -0.2) is 12.5 Å². The van der Waals surface area contributed by atoms with Gasteiger partial charge < -0.3 is 15.8 Å². The van der Waals surface area contributed by atoms with Crippen molar-refractivity contribution in [3.05, 3.63) is 53.6 Å². The van der Waals surface area contributed by atoms with Crippen LogP contribution >= 0.6 is 0 Å². The number of rotatable bonds is 4. The largest absolute Gasteiger partial charge is 0.435 e. The maximum absolute atomic E-state index is 12.1. The van der Waals surface area contributed by atoms with Crippen molar-refractivity contribution in [3.63, 3.8) is 0 Å². The quantitative estimate of drug-likeness (QED) is 0.848. The number of hydrogen-bond donors (Lipinski definition) is 2. The topological polar surface area (TPSA) is 64.4 Å². The fourth-order valence-corrected chi connectivity index (χ4v) is 1.80. The van der Waals surface area contributed by atoms with Gasteiger partial charge in [0.25, 0.3) is 5.91 Å². The Morgan fingerprint density at radius 1 is 1.19 bits per heavy atom. The van der Waals surface area contributed by atoms with Gasteiger partial charge in [0.05, 0.1) is 0 Å². The van der Waals surface area contributed by atoms with Gasteiger partial charge >= 0.3 is 6.61 Å². The van der Waals surface area contributed by atoms with Crippen molar-refractivity contribution in [2.45, 2.75) is 13.5 Å². The molecule has 110 valence electrons. The van der Waals surface area contributed by atoms with Crippen LogP contribution in [0.4, 0.5) is 20.2 Å². The molecule has 0 aliphatic rings. The van der Waals surface area contributed by atoms with E-state index in [1.807, 2.05) is 0 Å². The van der Waals surface area contributed by atoms with Gasteiger partial charge in [0.15, 0.2) is 0 Å². The molecular weight excluding hydrogens is 278 g/mol.